The highest BCUT2D eigenvalue weighted by Gasteiger charge is 2.53. The van der Waals surface area contributed by atoms with Gasteiger partial charge in [0.1, 0.15) is 5.02 Å². The highest BCUT2D eigenvalue weighted by Crippen LogP contribution is 2.55. The number of aromatic nitrogens is 2. The molecule has 1 spiro atoms. The number of hydrogen-bond donors (Lipinski definition) is 1. The molecule has 3 aliphatic rings. The summed E-state index contributed by atoms with van der Waals surface area (Å²) in [5.74, 6) is 0.442. The summed E-state index contributed by atoms with van der Waals surface area (Å²) in [5, 5.41) is 16.9. The van der Waals surface area contributed by atoms with Crippen LogP contribution >= 0.6 is 23.5 Å². The Bertz CT molecular complexity index is 1060. The lowest BCUT2D eigenvalue weighted by molar-refractivity contribution is -0.0467. The van der Waals surface area contributed by atoms with E-state index in [4.69, 9.17) is 21.6 Å². The highest BCUT2D eigenvalue weighted by molar-refractivity contribution is 7.97. The van der Waals surface area contributed by atoms with Crippen LogP contribution < -0.4 is 10.9 Å². The average molecular weight is 472 g/mol. The summed E-state index contributed by atoms with van der Waals surface area (Å²) in [5.41, 5.74) is 1.35. The van der Waals surface area contributed by atoms with Crippen molar-refractivity contribution in [3.63, 3.8) is 0 Å². The van der Waals surface area contributed by atoms with Crippen LogP contribution in [0.25, 0.3) is 0 Å². The monoisotopic (exact) mass is 471 g/mol. The molecular formula is C23H26ClN5O2S. The van der Waals surface area contributed by atoms with Crippen molar-refractivity contribution in [2.75, 3.05) is 38.2 Å². The number of rotatable bonds is 6. The standard InChI is InChI=1S/C23H26ClN5O2S/c24-21-20(26-11-17-2-1-7-31-13-17)12-27-29(22(21)30)18-8-23(9-18)14-28(15-23)32-19-5-3-16(10-25)4-6-19/h3-6,12,17-18,26H,1-2,7-9,11,13-15H2. The van der Waals surface area contributed by atoms with Crippen LogP contribution in [0.4, 0.5) is 5.69 Å². The molecule has 1 aromatic carbocycles. The summed E-state index contributed by atoms with van der Waals surface area (Å²) >= 11 is 8.12. The second-order valence-electron chi connectivity index (χ2n) is 9.17. The van der Waals surface area contributed by atoms with Crippen molar-refractivity contribution in [3.05, 3.63) is 51.4 Å². The smallest absolute Gasteiger partial charge is 0.287 e. The molecule has 1 saturated carbocycles. The lowest BCUT2D eigenvalue weighted by atomic mass is 9.61. The third-order valence-electron chi connectivity index (χ3n) is 6.70. The summed E-state index contributed by atoms with van der Waals surface area (Å²) in [6.07, 6.45) is 5.79. The van der Waals surface area contributed by atoms with Crippen LogP contribution in [0.2, 0.25) is 5.02 Å². The predicted octanol–water partition coefficient (Wildman–Crippen LogP) is 3.95. The number of halogens is 1. The first-order chi connectivity index (χ1) is 15.5. The molecule has 3 fully saturated rings. The van der Waals surface area contributed by atoms with Gasteiger partial charge in [0, 0.05) is 36.6 Å². The van der Waals surface area contributed by atoms with Crippen molar-refractivity contribution in [1.29, 1.82) is 5.26 Å². The third-order valence-corrected chi connectivity index (χ3v) is 8.07. The Labute approximate surface area is 196 Å². The minimum atomic E-state index is -0.209. The van der Waals surface area contributed by atoms with Gasteiger partial charge in [0.05, 0.1) is 36.2 Å². The summed E-state index contributed by atoms with van der Waals surface area (Å²) in [6, 6.07) is 9.93. The second-order valence-corrected chi connectivity index (χ2v) is 10.7. The van der Waals surface area contributed by atoms with Crippen LogP contribution in [0, 0.1) is 22.7 Å². The first-order valence-corrected chi connectivity index (χ1v) is 12.2. The molecule has 0 bridgehead atoms. The molecule has 1 unspecified atom stereocenters. The number of benzene rings is 1. The molecule has 1 atom stereocenters. The van der Waals surface area contributed by atoms with Gasteiger partial charge in [0.2, 0.25) is 0 Å². The van der Waals surface area contributed by atoms with Crippen molar-refractivity contribution in [2.24, 2.45) is 11.3 Å². The zero-order chi connectivity index (χ0) is 22.1. The SMILES string of the molecule is N#Cc1ccc(SN2CC3(CC(n4ncc(NCC5CCCOC5)c(Cl)c4=O)C3)C2)cc1. The fourth-order valence-electron chi connectivity index (χ4n) is 4.93. The maximum absolute atomic E-state index is 12.8. The van der Waals surface area contributed by atoms with E-state index in [1.165, 1.54) is 0 Å². The van der Waals surface area contributed by atoms with E-state index in [9.17, 15) is 4.79 Å². The van der Waals surface area contributed by atoms with Gasteiger partial charge >= 0.3 is 0 Å². The number of nitriles is 1. The minimum Gasteiger partial charge on any atom is -0.382 e. The van der Waals surface area contributed by atoms with Gasteiger partial charge in [-0.1, -0.05) is 11.6 Å². The van der Waals surface area contributed by atoms with Gasteiger partial charge in [0.25, 0.3) is 5.56 Å². The third kappa shape index (κ3) is 4.40. The van der Waals surface area contributed by atoms with Gasteiger partial charge in [-0.25, -0.2) is 8.99 Å². The van der Waals surface area contributed by atoms with Crippen molar-refractivity contribution >= 4 is 29.2 Å². The van der Waals surface area contributed by atoms with Crippen molar-refractivity contribution in [2.45, 2.75) is 36.6 Å². The molecule has 2 saturated heterocycles. The van der Waals surface area contributed by atoms with Gasteiger partial charge in [0.15, 0.2) is 0 Å². The first-order valence-electron chi connectivity index (χ1n) is 11.1. The van der Waals surface area contributed by atoms with Crippen LogP contribution in [0.15, 0.2) is 40.2 Å². The van der Waals surface area contributed by atoms with Crippen molar-refractivity contribution < 1.29 is 4.74 Å². The topological polar surface area (TPSA) is 83.2 Å². The number of nitrogens with zero attached hydrogens (tertiary/aromatic N) is 4. The molecule has 3 heterocycles. The number of anilines is 1. The molecule has 7 nitrogen and oxygen atoms in total. The molecule has 1 N–H and O–H groups in total. The molecule has 0 radical (unpaired) electrons. The molecular weight excluding hydrogens is 446 g/mol. The van der Waals surface area contributed by atoms with Gasteiger partial charge in [-0.3, -0.25) is 4.79 Å². The van der Waals surface area contributed by atoms with Gasteiger partial charge < -0.3 is 10.1 Å². The summed E-state index contributed by atoms with van der Waals surface area (Å²) in [4.78, 5) is 14.0. The maximum Gasteiger partial charge on any atom is 0.287 e. The molecule has 2 aromatic rings. The molecule has 32 heavy (non-hydrogen) atoms. The van der Waals surface area contributed by atoms with Crippen LogP contribution in [0.3, 0.4) is 0 Å². The van der Waals surface area contributed by atoms with Crippen LogP contribution in [-0.4, -0.2) is 46.9 Å². The Morgan fingerprint density at radius 2 is 2.09 bits per heavy atom. The zero-order valence-corrected chi connectivity index (χ0v) is 19.4. The second kappa shape index (κ2) is 9.06. The van der Waals surface area contributed by atoms with Crippen LogP contribution in [-0.2, 0) is 4.74 Å². The van der Waals surface area contributed by atoms with Gasteiger partial charge in [-0.15, -0.1) is 0 Å². The van der Waals surface area contributed by atoms with E-state index in [1.54, 1.807) is 22.8 Å². The highest BCUT2D eigenvalue weighted by atomic mass is 35.5. The predicted molar refractivity (Wildman–Crippen MR) is 125 cm³/mol. The van der Waals surface area contributed by atoms with E-state index in [-0.39, 0.29) is 22.0 Å². The van der Waals surface area contributed by atoms with E-state index < -0.39 is 0 Å². The van der Waals surface area contributed by atoms with E-state index in [1.807, 2.05) is 24.3 Å². The van der Waals surface area contributed by atoms with Crippen molar-refractivity contribution in [3.8, 4) is 6.07 Å². The van der Waals surface area contributed by atoms with E-state index in [2.05, 4.69) is 20.8 Å². The lowest BCUT2D eigenvalue weighted by Crippen LogP contribution is -2.60. The molecule has 2 aliphatic heterocycles. The Morgan fingerprint density at radius 3 is 2.78 bits per heavy atom. The van der Waals surface area contributed by atoms with E-state index >= 15 is 0 Å². The normalized spacial score (nSPS) is 22.7. The Hall–Kier alpha value is -2.05. The van der Waals surface area contributed by atoms with E-state index in [0.29, 0.717) is 17.2 Å². The van der Waals surface area contributed by atoms with Crippen LogP contribution in [0.5, 0.6) is 0 Å². The summed E-state index contributed by atoms with van der Waals surface area (Å²) in [6.45, 7) is 4.33. The summed E-state index contributed by atoms with van der Waals surface area (Å²) < 4.78 is 9.42. The maximum atomic E-state index is 12.8. The fourth-order valence-corrected chi connectivity index (χ4v) is 6.36. The molecule has 1 aliphatic carbocycles. The lowest BCUT2D eigenvalue weighted by Gasteiger charge is -2.58. The Balaban J connectivity index is 1.13. The van der Waals surface area contributed by atoms with Gasteiger partial charge in [-0.2, -0.15) is 10.4 Å². The molecule has 1 aromatic heterocycles. The first kappa shape index (κ1) is 21.8. The average Bonchev–Trinajstić information content (AvgIpc) is 2.77. The molecule has 9 heteroatoms. The minimum absolute atomic E-state index is 0.114. The Kier molecular flexibility index (Phi) is 6.17. The zero-order valence-electron chi connectivity index (χ0n) is 17.8. The van der Waals surface area contributed by atoms with E-state index in [0.717, 1.165) is 63.4 Å². The number of nitrogens with one attached hydrogen (secondary N) is 1. The fraction of sp³-hybridized carbons (Fsp3) is 0.522. The number of ether oxygens (including phenoxy) is 1. The molecule has 0 amide bonds. The summed E-state index contributed by atoms with van der Waals surface area (Å²) in [7, 11) is 0. The van der Waals surface area contributed by atoms with Gasteiger partial charge in [-0.05, 0) is 67.8 Å². The Morgan fingerprint density at radius 1 is 1.31 bits per heavy atom. The molecule has 5 rings (SSSR count). The van der Waals surface area contributed by atoms with Crippen LogP contribution in [0.1, 0.15) is 37.3 Å². The number of hydrogen-bond acceptors (Lipinski definition) is 7. The molecule has 168 valence electrons. The largest absolute Gasteiger partial charge is 0.382 e. The van der Waals surface area contributed by atoms with Crippen molar-refractivity contribution in [1.82, 2.24) is 14.1 Å². The quantitative estimate of drug-likeness (QED) is 0.638.